The van der Waals surface area contributed by atoms with Gasteiger partial charge in [-0.1, -0.05) is 48.2 Å². The monoisotopic (exact) mass is 530 g/mol. The van der Waals surface area contributed by atoms with E-state index in [0.717, 1.165) is 21.4 Å². The van der Waals surface area contributed by atoms with Crippen molar-refractivity contribution < 1.29 is 13.9 Å². The van der Waals surface area contributed by atoms with Crippen molar-refractivity contribution in [3.8, 4) is 5.75 Å². The average Bonchev–Trinajstić information content (AvgIpc) is 3.52. The number of furan rings is 1. The van der Waals surface area contributed by atoms with E-state index in [1.807, 2.05) is 89.8 Å². The first-order chi connectivity index (χ1) is 18.1. The molecule has 2 N–H and O–H groups in total. The Labute approximate surface area is 225 Å². The van der Waals surface area contributed by atoms with Crippen molar-refractivity contribution >= 4 is 40.7 Å². The van der Waals surface area contributed by atoms with Gasteiger partial charge in [0.1, 0.15) is 17.6 Å². The summed E-state index contributed by atoms with van der Waals surface area (Å²) in [7, 11) is 1.58. The van der Waals surface area contributed by atoms with Gasteiger partial charge >= 0.3 is 0 Å². The number of pyridine rings is 1. The number of benzene rings is 2. The summed E-state index contributed by atoms with van der Waals surface area (Å²) in [5, 5.41) is 7.67. The maximum Gasteiger partial charge on any atom is 0.226 e. The van der Waals surface area contributed by atoms with Gasteiger partial charge in [0.2, 0.25) is 5.91 Å². The van der Waals surface area contributed by atoms with Crippen molar-refractivity contribution in [1.82, 2.24) is 15.2 Å². The van der Waals surface area contributed by atoms with Gasteiger partial charge in [-0.25, -0.2) is 0 Å². The Balaban J connectivity index is 1.36. The van der Waals surface area contributed by atoms with E-state index in [0.29, 0.717) is 23.1 Å². The Bertz CT molecular complexity index is 1360. The summed E-state index contributed by atoms with van der Waals surface area (Å²) in [6.07, 6.45) is 2.00. The van der Waals surface area contributed by atoms with Crippen LogP contribution in [-0.2, 0) is 4.79 Å². The summed E-state index contributed by atoms with van der Waals surface area (Å²) >= 11 is 7.28. The number of rotatable bonds is 9. The summed E-state index contributed by atoms with van der Waals surface area (Å²) in [5.74, 6) is 1.24. The van der Waals surface area contributed by atoms with Gasteiger partial charge in [-0.05, 0) is 60.7 Å². The summed E-state index contributed by atoms with van der Waals surface area (Å²) in [6, 6.07) is 26.7. The van der Waals surface area contributed by atoms with Crippen LogP contribution >= 0.6 is 24.0 Å². The first-order valence-electron chi connectivity index (χ1n) is 11.9. The van der Waals surface area contributed by atoms with Crippen molar-refractivity contribution in [2.75, 3.05) is 19.0 Å². The van der Waals surface area contributed by atoms with Crippen molar-refractivity contribution in [3.63, 3.8) is 0 Å². The second-order valence-corrected chi connectivity index (χ2v) is 9.85. The molecule has 2 aromatic carbocycles. The number of carbonyl (C=O) groups is 1. The molecule has 0 unspecified atom stereocenters. The third-order valence-electron chi connectivity index (χ3n) is 6.01. The number of amides is 1. The topological polar surface area (TPSA) is 79.6 Å². The molecule has 0 saturated carbocycles. The molecule has 188 valence electrons. The van der Waals surface area contributed by atoms with Crippen LogP contribution in [0.3, 0.4) is 0 Å². The molecule has 1 aliphatic rings. The quantitative estimate of drug-likeness (QED) is 0.262. The van der Waals surface area contributed by atoms with Gasteiger partial charge in [0.05, 0.1) is 24.5 Å². The number of hydrogen-bond donors (Lipinski definition) is 2. The lowest BCUT2D eigenvalue weighted by molar-refractivity contribution is -0.116. The van der Waals surface area contributed by atoms with E-state index in [4.69, 9.17) is 21.4 Å². The molecule has 0 radical (unpaired) electrons. The number of methoxy groups -OCH3 is 1. The minimum Gasteiger partial charge on any atom is -0.495 e. The molecular formula is C28H26N4O3S2. The molecule has 2 aromatic heterocycles. The predicted molar refractivity (Wildman–Crippen MR) is 148 cm³/mol. The largest absolute Gasteiger partial charge is 0.495 e. The SMILES string of the molecule is COc1ccccc1NC(=O)CCN1C(=S)N[C@@H](c2ccccn2)[C@H]1c1ccc(Sc2ccccc2)o1. The highest BCUT2D eigenvalue weighted by Gasteiger charge is 2.41. The van der Waals surface area contributed by atoms with Gasteiger partial charge < -0.3 is 24.7 Å². The predicted octanol–water partition coefficient (Wildman–Crippen LogP) is 5.84. The Hall–Kier alpha value is -3.82. The highest BCUT2D eigenvalue weighted by molar-refractivity contribution is 7.99. The standard InChI is InChI=1S/C28H26N4O3S2/c1-34-22-13-6-5-11-20(22)30-24(33)16-18-32-27(26(31-28(32)36)21-12-7-8-17-29-21)23-14-15-25(35-23)37-19-9-3-2-4-10-19/h2-15,17,26-27H,16,18H2,1H3,(H,30,33)(H,31,36)/t26-,27+/m0/s1. The highest BCUT2D eigenvalue weighted by atomic mass is 32.2. The zero-order valence-corrected chi connectivity index (χ0v) is 21.8. The highest BCUT2D eigenvalue weighted by Crippen LogP contribution is 2.41. The maximum absolute atomic E-state index is 12.8. The van der Waals surface area contributed by atoms with E-state index in [-0.39, 0.29) is 24.4 Å². The lowest BCUT2D eigenvalue weighted by Crippen LogP contribution is -2.32. The van der Waals surface area contributed by atoms with E-state index >= 15 is 0 Å². The van der Waals surface area contributed by atoms with E-state index in [9.17, 15) is 4.79 Å². The lowest BCUT2D eigenvalue weighted by Gasteiger charge is -2.25. The smallest absolute Gasteiger partial charge is 0.226 e. The summed E-state index contributed by atoms with van der Waals surface area (Å²) in [5.41, 5.74) is 1.48. The normalized spacial score (nSPS) is 16.9. The fourth-order valence-electron chi connectivity index (χ4n) is 4.29. The number of anilines is 1. The van der Waals surface area contributed by atoms with Crippen molar-refractivity contribution in [1.29, 1.82) is 0 Å². The Kier molecular flexibility index (Phi) is 7.72. The lowest BCUT2D eigenvalue weighted by atomic mass is 10.0. The molecule has 0 spiro atoms. The van der Waals surface area contributed by atoms with Gasteiger partial charge in [0.25, 0.3) is 0 Å². The first kappa shape index (κ1) is 24.9. The molecule has 3 heterocycles. The maximum atomic E-state index is 12.8. The summed E-state index contributed by atoms with van der Waals surface area (Å²) in [6.45, 7) is 0.405. The Morgan fingerprint density at radius 2 is 1.86 bits per heavy atom. The van der Waals surface area contributed by atoms with Crippen molar-refractivity contribution in [2.24, 2.45) is 0 Å². The molecule has 1 aliphatic heterocycles. The first-order valence-corrected chi connectivity index (χ1v) is 13.1. The van der Waals surface area contributed by atoms with Gasteiger partial charge in [-0.3, -0.25) is 9.78 Å². The van der Waals surface area contributed by atoms with Crippen LogP contribution in [0.15, 0.2) is 106 Å². The number of carbonyl (C=O) groups excluding carboxylic acids is 1. The van der Waals surface area contributed by atoms with Crippen LogP contribution in [-0.4, -0.2) is 34.6 Å². The molecule has 2 atom stereocenters. The number of aromatic nitrogens is 1. The number of nitrogens with one attached hydrogen (secondary N) is 2. The molecule has 9 heteroatoms. The van der Waals surface area contributed by atoms with Crippen LogP contribution in [0.1, 0.15) is 30.0 Å². The number of nitrogens with zero attached hydrogens (tertiary/aromatic N) is 2. The van der Waals surface area contributed by atoms with E-state index in [2.05, 4.69) is 15.6 Å². The molecular weight excluding hydrogens is 504 g/mol. The Morgan fingerprint density at radius 1 is 1.08 bits per heavy atom. The molecule has 4 aromatic rings. The Morgan fingerprint density at radius 3 is 2.65 bits per heavy atom. The fourth-order valence-corrected chi connectivity index (χ4v) is 5.42. The van der Waals surface area contributed by atoms with Crippen LogP contribution in [0.2, 0.25) is 0 Å². The minimum absolute atomic E-state index is 0.132. The van der Waals surface area contributed by atoms with Gasteiger partial charge in [-0.2, -0.15) is 0 Å². The molecule has 1 fully saturated rings. The van der Waals surface area contributed by atoms with Crippen LogP contribution in [0.5, 0.6) is 5.75 Å². The second-order valence-electron chi connectivity index (χ2n) is 8.39. The van der Waals surface area contributed by atoms with Gasteiger partial charge in [-0.15, -0.1) is 0 Å². The fraction of sp³-hybridized carbons (Fsp3) is 0.179. The molecule has 7 nitrogen and oxygen atoms in total. The summed E-state index contributed by atoms with van der Waals surface area (Å²) in [4.78, 5) is 20.5. The number of thiocarbonyl (C=S) groups is 1. The van der Waals surface area contributed by atoms with Crippen LogP contribution < -0.4 is 15.4 Å². The van der Waals surface area contributed by atoms with E-state index in [1.165, 1.54) is 0 Å². The van der Waals surface area contributed by atoms with E-state index in [1.54, 1.807) is 25.1 Å². The van der Waals surface area contributed by atoms with Crippen LogP contribution in [0, 0.1) is 0 Å². The van der Waals surface area contributed by atoms with Crippen LogP contribution in [0.25, 0.3) is 0 Å². The minimum atomic E-state index is -0.258. The average molecular weight is 531 g/mol. The molecule has 1 amide bonds. The van der Waals surface area contributed by atoms with Gasteiger partial charge in [0.15, 0.2) is 10.2 Å². The zero-order chi connectivity index (χ0) is 25.6. The number of hydrogen-bond acceptors (Lipinski definition) is 6. The second kappa shape index (κ2) is 11.5. The summed E-state index contributed by atoms with van der Waals surface area (Å²) < 4.78 is 11.7. The molecule has 5 rings (SSSR count). The molecule has 0 bridgehead atoms. The van der Waals surface area contributed by atoms with Crippen LogP contribution in [0.4, 0.5) is 5.69 Å². The molecule has 0 aliphatic carbocycles. The number of para-hydroxylation sites is 2. The third kappa shape index (κ3) is 5.79. The van der Waals surface area contributed by atoms with Crippen molar-refractivity contribution in [3.05, 3.63) is 103 Å². The third-order valence-corrected chi connectivity index (χ3v) is 7.29. The zero-order valence-electron chi connectivity index (χ0n) is 20.2. The number of ether oxygens (including phenoxy) is 1. The van der Waals surface area contributed by atoms with Crippen molar-refractivity contribution in [2.45, 2.75) is 28.5 Å². The molecule has 1 saturated heterocycles. The molecule has 37 heavy (non-hydrogen) atoms. The van der Waals surface area contributed by atoms with E-state index < -0.39 is 0 Å². The van der Waals surface area contributed by atoms with Gasteiger partial charge in [0, 0.05) is 24.1 Å².